The van der Waals surface area contributed by atoms with E-state index in [-0.39, 0.29) is 17.9 Å². The van der Waals surface area contributed by atoms with E-state index in [4.69, 9.17) is 4.74 Å². The summed E-state index contributed by atoms with van der Waals surface area (Å²) in [5.41, 5.74) is -0.571. The first-order chi connectivity index (χ1) is 8.66. The second kappa shape index (κ2) is 3.68. The minimum absolute atomic E-state index is 0.0530. The van der Waals surface area contributed by atoms with Crippen LogP contribution in [0.15, 0.2) is 24.3 Å². The highest BCUT2D eigenvalue weighted by Gasteiger charge is 2.77. The quantitative estimate of drug-likeness (QED) is 0.311. The molecule has 5 nitrogen and oxygen atoms in total. The van der Waals surface area contributed by atoms with E-state index in [2.05, 4.69) is 21.8 Å². The van der Waals surface area contributed by atoms with Crippen LogP contribution < -0.4 is 0 Å². The maximum atomic E-state index is 12.0. The average Bonchev–Trinajstić information content (AvgIpc) is 2.72. The van der Waals surface area contributed by atoms with Crippen LogP contribution in [-0.4, -0.2) is 48.7 Å². The number of piperidine rings is 1. The molecule has 1 unspecified atom stereocenters. The lowest BCUT2D eigenvalue weighted by atomic mass is 9.89. The molecule has 0 aromatic rings. The monoisotopic (exact) mass is 249 g/mol. The molecule has 0 saturated carbocycles. The topological polar surface area (TPSA) is 55.6 Å². The van der Waals surface area contributed by atoms with Crippen molar-refractivity contribution in [3.05, 3.63) is 24.3 Å². The Morgan fingerprint density at radius 2 is 2.11 bits per heavy atom. The summed E-state index contributed by atoms with van der Waals surface area (Å²) in [5.74, 6) is -0.414. The van der Waals surface area contributed by atoms with Crippen LogP contribution in [0.3, 0.4) is 0 Å². The summed E-state index contributed by atoms with van der Waals surface area (Å²) in [6.45, 7) is 0. The third-order valence-electron chi connectivity index (χ3n) is 4.22. The number of hydrogen-bond acceptors (Lipinski definition) is 5. The Labute approximate surface area is 105 Å². The van der Waals surface area contributed by atoms with Gasteiger partial charge in [0.05, 0.1) is 20.3 Å². The molecule has 3 rings (SSSR count). The maximum Gasteiger partial charge on any atom is 0.330 e. The second-order valence-corrected chi connectivity index (χ2v) is 4.85. The molecule has 96 valence electrons. The minimum atomic E-state index is -0.571. The van der Waals surface area contributed by atoms with Crippen molar-refractivity contribution in [2.75, 3.05) is 14.2 Å². The van der Waals surface area contributed by atoms with Crippen LogP contribution in [-0.2, 0) is 19.1 Å². The lowest BCUT2D eigenvalue weighted by Crippen LogP contribution is -2.35. The number of esters is 2. The molecule has 5 heteroatoms. The number of ether oxygens (including phenoxy) is 2. The Balaban J connectivity index is 1.85. The first-order valence-corrected chi connectivity index (χ1v) is 5.97. The Kier molecular flexibility index (Phi) is 2.35. The molecule has 2 saturated heterocycles. The average molecular weight is 249 g/mol. The standard InChI is InChI=1S/C13H15NO4/c1-17-11(15)6-5-10-13(12(16)18-2)8-3-4-9(7-8)14(10)13/h3-6,8-10H,7H2,1-2H3/b6-5-/t8-,9+,10+,13+,14?/m0/s1. The van der Waals surface area contributed by atoms with Gasteiger partial charge in [-0.2, -0.15) is 0 Å². The summed E-state index contributed by atoms with van der Waals surface area (Å²) in [6.07, 6.45) is 8.31. The van der Waals surface area contributed by atoms with E-state index in [0.29, 0.717) is 6.04 Å². The first-order valence-electron chi connectivity index (χ1n) is 5.97. The van der Waals surface area contributed by atoms with Crippen molar-refractivity contribution in [1.29, 1.82) is 0 Å². The van der Waals surface area contributed by atoms with Gasteiger partial charge in [0.1, 0.15) is 5.54 Å². The zero-order valence-electron chi connectivity index (χ0n) is 10.3. The molecule has 18 heavy (non-hydrogen) atoms. The fourth-order valence-electron chi connectivity index (χ4n) is 3.47. The molecule has 2 heterocycles. The Hall–Kier alpha value is -1.62. The van der Waals surface area contributed by atoms with Gasteiger partial charge in [0.15, 0.2) is 0 Å². The van der Waals surface area contributed by atoms with Gasteiger partial charge in [-0.3, -0.25) is 4.90 Å². The molecular formula is C13H15NO4. The summed E-state index contributed by atoms with van der Waals surface area (Å²) in [5, 5.41) is 0. The van der Waals surface area contributed by atoms with Crippen molar-refractivity contribution in [2.24, 2.45) is 5.92 Å². The fraction of sp³-hybridized carbons (Fsp3) is 0.538. The predicted molar refractivity (Wildman–Crippen MR) is 62.6 cm³/mol. The Morgan fingerprint density at radius 1 is 1.33 bits per heavy atom. The largest absolute Gasteiger partial charge is 0.468 e. The zero-order chi connectivity index (χ0) is 12.9. The van der Waals surface area contributed by atoms with Gasteiger partial charge >= 0.3 is 11.9 Å². The van der Waals surface area contributed by atoms with Gasteiger partial charge in [0.25, 0.3) is 0 Å². The van der Waals surface area contributed by atoms with Gasteiger partial charge < -0.3 is 9.47 Å². The fourth-order valence-corrected chi connectivity index (χ4v) is 3.47. The van der Waals surface area contributed by atoms with E-state index < -0.39 is 11.5 Å². The molecule has 5 atom stereocenters. The van der Waals surface area contributed by atoms with Crippen molar-refractivity contribution >= 4 is 11.9 Å². The van der Waals surface area contributed by atoms with Crippen LogP contribution >= 0.6 is 0 Å². The Morgan fingerprint density at radius 3 is 2.78 bits per heavy atom. The molecule has 2 aliphatic heterocycles. The number of rotatable bonds is 3. The molecule has 0 radical (unpaired) electrons. The van der Waals surface area contributed by atoms with Gasteiger partial charge in [-0.1, -0.05) is 18.2 Å². The van der Waals surface area contributed by atoms with Crippen LogP contribution in [0.5, 0.6) is 0 Å². The van der Waals surface area contributed by atoms with Crippen LogP contribution in [0.2, 0.25) is 0 Å². The Bertz CT molecular complexity index is 470. The van der Waals surface area contributed by atoms with E-state index in [1.807, 2.05) is 0 Å². The second-order valence-electron chi connectivity index (χ2n) is 4.85. The molecule has 1 aliphatic carbocycles. The molecule has 3 aliphatic rings. The number of carbonyl (C=O) groups is 2. The lowest BCUT2D eigenvalue weighted by Gasteiger charge is -2.16. The van der Waals surface area contributed by atoms with Crippen LogP contribution in [0.4, 0.5) is 0 Å². The maximum absolute atomic E-state index is 12.0. The lowest BCUT2D eigenvalue weighted by molar-refractivity contribution is -0.145. The molecule has 0 spiro atoms. The van der Waals surface area contributed by atoms with Gasteiger partial charge in [0, 0.05) is 18.0 Å². The first kappa shape index (κ1) is 11.5. The number of hydrogen-bond donors (Lipinski definition) is 0. The van der Waals surface area contributed by atoms with Crippen LogP contribution in [0.25, 0.3) is 0 Å². The smallest absolute Gasteiger partial charge is 0.330 e. The van der Waals surface area contributed by atoms with E-state index in [1.165, 1.54) is 20.3 Å². The normalized spacial score (nSPS) is 43.0. The highest BCUT2D eigenvalue weighted by atomic mass is 16.5. The molecule has 0 aromatic heterocycles. The number of nitrogens with zero attached hydrogens (tertiary/aromatic N) is 1. The van der Waals surface area contributed by atoms with E-state index in [0.717, 1.165) is 6.42 Å². The van der Waals surface area contributed by atoms with Crippen LogP contribution in [0, 0.1) is 5.92 Å². The molecule has 2 fully saturated rings. The van der Waals surface area contributed by atoms with Crippen molar-refractivity contribution in [3.63, 3.8) is 0 Å². The van der Waals surface area contributed by atoms with Gasteiger partial charge in [0.2, 0.25) is 0 Å². The zero-order valence-corrected chi connectivity index (χ0v) is 10.3. The van der Waals surface area contributed by atoms with Crippen molar-refractivity contribution in [2.45, 2.75) is 24.0 Å². The van der Waals surface area contributed by atoms with Crippen molar-refractivity contribution in [3.8, 4) is 0 Å². The third-order valence-corrected chi connectivity index (χ3v) is 4.22. The SMILES string of the molecule is COC(=O)/C=C\[C@H]1N2[C@@H]3C=C[C@@H](C3)[C@]12C(=O)OC. The molecular weight excluding hydrogens is 234 g/mol. The van der Waals surface area contributed by atoms with Gasteiger partial charge in [-0.05, 0) is 6.42 Å². The summed E-state index contributed by atoms with van der Waals surface area (Å²) < 4.78 is 9.49. The molecule has 2 bridgehead atoms. The minimum Gasteiger partial charge on any atom is -0.468 e. The number of fused-ring (bicyclic) bond motifs is 5. The van der Waals surface area contributed by atoms with Gasteiger partial charge in [-0.25, -0.2) is 9.59 Å². The summed E-state index contributed by atoms with van der Waals surface area (Å²) in [6, 6.07) is 0.240. The van der Waals surface area contributed by atoms with Crippen LogP contribution in [0.1, 0.15) is 6.42 Å². The number of carbonyl (C=O) groups excluding carboxylic acids is 2. The molecule has 0 amide bonds. The molecule has 0 N–H and O–H groups in total. The molecule has 0 aromatic carbocycles. The number of methoxy groups -OCH3 is 2. The third kappa shape index (κ3) is 1.20. The van der Waals surface area contributed by atoms with Gasteiger partial charge in [-0.15, -0.1) is 0 Å². The highest BCUT2D eigenvalue weighted by Crippen LogP contribution is 2.61. The highest BCUT2D eigenvalue weighted by molar-refractivity contribution is 5.90. The van der Waals surface area contributed by atoms with Crippen molar-refractivity contribution in [1.82, 2.24) is 4.90 Å². The van der Waals surface area contributed by atoms with Crippen molar-refractivity contribution < 1.29 is 19.1 Å². The summed E-state index contributed by atoms with van der Waals surface area (Å²) in [4.78, 5) is 25.3. The summed E-state index contributed by atoms with van der Waals surface area (Å²) >= 11 is 0. The van der Waals surface area contributed by atoms with E-state index >= 15 is 0 Å². The predicted octanol–water partition coefficient (Wildman–Crippen LogP) is 0.270. The van der Waals surface area contributed by atoms with E-state index in [9.17, 15) is 9.59 Å². The summed E-state index contributed by atoms with van der Waals surface area (Å²) in [7, 11) is 2.74. The van der Waals surface area contributed by atoms with E-state index in [1.54, 1.807) is 6.08 Å².